The van der Waals surface area contributed by atoms with Crippen molar-refractivity contribution in [3.05, 3.63) is 88.5 Å². The van der Waals surface area contributed by atoms with Gasteiger partial charge in [0, 0.05) is 37.7 Å². The Hall–Kier alpha value is -3.40. The molecule has 0 unspecified atom stereocenters. The maximum absolute atomic E-state index is 13.3. The molecule has 1 amide bonds. The SMILES string of the molecule is COc1cc(NS(=O)(=O)c2ccc(Cl)s2)c(C(=O)Nc2ccc(S(=O)(=O)N(C)Cc3cccnc3)cc2)cc1OC.Cl. The fourth-order valence-corrected chi connectivity index (χ4v) is 7.42. The smallest absolute Gasteiger partial charge is 0.271 e. The number of aromatic nitrogens is 1. The van der Waals surface area contributed by atoms with Gasteiger partial charge in [-0.3, -0.25) is 14.5 Å². The van der Waals surface area contributed by atoms with Gasteiger partial charge in [-0.2, -0.15) is 4.31 Å². The van der Waals surface area contributed by atoms with Gasteiger partial charge in [-0.1, -0.05) is 17.7 Å². The summed E-state index contributed by atoms with van der Waals surface area (Å²) < 4.78 is 66.4. The largest absolute Gasteiger partial charge is 0.493 e. The number of nitrogens with zero attached hydrogens (tertiary/aromatic N) is 2. The predicted molar refractivity (Wildman–Crippen MR) is 164 cm³/mol. The van der Waals surface area contributed by atoms with Crippen molar-refractivity contribution in [3.8, 4) is 11.5 Å². The molecule has 0 aliphatic carbocycles. The molecular weight excluding hydrogens is 647 g/mol. The molecule has 224 valence electrons. The molecule has 2 aromatic carbocycles. The zero-order valence-electron chi connectivity index (χ0n) is 22.4. The van der Waals surface area contributed by atoms with E-state index in [9.17, 15) is 21.6 Å². The lowest BCUT2D eigenvalue weighted by Gasteiger charge is -2.18. The van der Waals surface area contributed by atoms with Crippen molar-refractivity contribution < 1.29 is 31.1 Å². The standard InChI is InChI=1S/C26H25ClN4O7S3.ClH/c1-31(16-17-5-4-12-28-15-17)41(35,36)19-8-6-18(7-9-19)29-26(32)20-13-22(37-2)23(38-3)14-21(20)30-40(33,34)25-11-10-24(27)39-25;/h4-15,30H,16H2,1-3H3,(H,29,32);1H. The van der Waals surface area contributed by atoms with Crippen LogP contribution in [0.2, 0.25) is 4.34 Å². The van der Waals surface area contributed by atoms with Crippen molar-refractivity contribution in [2.45, 2.75) is 15.6 Å². The lowest BCUT2D eigenvalue weighted by Crippen LogP contribution is -2.26. The van der Waals surface area contributed by atoms with Crippen LogP contribution in [-0.2, 0) is 26.6 Å². The lowest BCUT2D eigenvalue weighted by molar-refractivity contribution is 0.102. The Bertz CT molecular complexity index is 1770. The molecule has 0 aliphatic rings. The molecule has 0 spiro atoms. The summed E-state index contributed by atoms with van der Waals surface area (Å²) in [6.07, 6.45) is 3.19. The lowest BCUT2D eigenvalue weighted by atomic mass is 10.1. The van der Waals surface area contributed by atoms with E-state index >= 15 is 0 Å². The molecule has 11 nitrogen and oxygen atoms in total. The maximum Gasteiger partial charge on any atom is 0.271 e. The van der Waals surface area contributed by atoms with E-state index in [1.807, 2.05) is 0 Å². The first kappa shape index (κ1) is 33.1. The number of carbonyl (C=O) groups is 1. The topological polar surface area (TPSA) is 144 Å². The molecule has 2 aromatic heterocycles. The first-order valence-corrected chi connectivity index (χ1v) is 15.9. The molecule has 16 heteroatoms. The summed E-state index contributed by atoms with van der Waals surface area (Å²) in [5, 5.41) is 2.66. The van der Waals surface area contributed by atoms with E-state index in [0.717, 1.165) is 16.9 Å². The third-order valence-corrected chi connectivity index (χ3v) is 10.7. The monoisotopic (exact) mass is 672 g/mol. The van der Waals surface area contributed by atoms with E-state index in [0.29, 0.717) is 0 Å². The van der Waals surface area contributed by atoms with Gasteiger partial charge in [0.1, 0.15) is 4.21 Å². The number of hydrogen-bond acceptors (Lipinski definition) is 9. The van der Waals surface area contributed by atoms with Crippen LogP contribution < -0.4 is 19.5 Å². The summed E-state index contributed by atoms with van der Waals surface area (Å²) in [6.45, 7) is 0.129. The first-order valence-electron chi connectivity index (χ1n) is 11.8. The Morgan fingerprint density at radius 1 is 1.00 bits per heavy atom. The zero-order chi connectivity index (χ0) is 29.8. The number of ether oxygens (including phenoxy) is 2. The van der Waals surface area contributed by atoms with Crippen LogP contribution in [0.4, 0.5) is 11.4 Å². The quantitative estimate of drug-likeness (QED) is 0.224. The zero-order valence-corrected chi connectivity index (χ0v) is 26.4. The number of pyridine rings is 1. The van der Waals surface area contributed by atoms with Gasteiger partial charge in [0.15, 0.2) is 11.5 Å². The number of nitrogens with one attached hydrogen (secondary N) is 2. The van der Waals surface area contributed by atoms with Gasteiger partial charge in [-0.05, 0) is 54.1 Å². The predicted octanol–water partition coefficient (Wildman–Crippen LogP) is 5.11. The summed E-state index contributed by atoms with van der Waals surface area (Å²) in [5.41, 5.74) is 0.867. The summed E-state index contributed by atoms with van der Waals surface area (Å²) in [4.78, 5) is 17.4. The number of amides is 1. The van der Waals surface area contributed by atoms with Crippen LogP contribution >= 0.6 is 35.3 Å². The van der Waals surface area contributed by atoms with Crippen molar-refractivity contribution in [3.63, 3.8) is 0 Å². The second-order valence-corrected chi connectivity index (χ2v) is 14.2. The minimum atomic E-state index is -4.09. The highest BCUT2D eigenvalue weighted by Gasteiger charge is 2.24. The van der Waals surface area contributed by atoms with Crippen LogP contribution in [0.1, 0.15) is 15.9 Å². The Labute approximate surface area is 259 Å². The van der Waals surface area contributed by atoms with E-state index in [1.54, 1.807) is 24.5 Å². The van der Waals surface area contributed by atoms with Crippen LogP contribution in [0, 0.1) is 0 Å². The highest BCUT2D eigenvalue weighted by atomic mass is 35.5. The molecule has 0 fully saturated rings. The van der Waals surface area contributed by atoms with Gasteiger partial charge in [-0.25, -0.2) is 16.8 Å². The maximum atomic E-state index is 13.3. The van der Waals surface area contributed by atoms with Crippen LogP contribution in [0.3, 0.4) is 0 Å². The molecule has 4 aromatic rings. The van der Waals surface area contributed by atoms with Crippen LogP contribution in [-0.4, -0.2) is 53.3 Å². The minimum absolute atomic E-state index is 0. The van der Waals surface area contributed by atoms with Crippen molar-refractivity contribution >= 4 is 72.7 Å². The molecule has 42 heavy (non-hydrogen) atoms. The molecule has 0 atom stereocenters. The third-order valence-electron chi connectivity index (χ3n) is 5.77. The Kier molecular flexibility index (Phi) is 10.8. The number of sulfonamides is 2. The normalized spacial score (nSPS) is 11.5. The number of thiophene rings is 1. The van der Waals surface area contributed by atoms with Gasteiger partial charge >= 0.3 is 0 Å². The minimum Gasteiger partial charge on any atom is -0.493 e. The number of methoxy groups -OCH3 is 2. The average molecular weight is 674 g/mol. The van der Waals surface area contributed by atoms with Crippen molar-refractivity contribution in [1.29, 1.82) is 0 Å². The van der Waals surface area contributed by atoms with Gasteiger partial charge in [-0.15, -0.1) is 23.7 Å². The molecule has 0 saturated heterocycles. The van der Waals surface area contributed by atoms with Gasteiger partial charge in [0.2, 0.25) is 10.0 Å². The molecule has 4 rings (SSSR count). The third kappa shape index (κ3) is 7.51. The molecule has 0 bridgehead atoms. The summed E-state index contributed by atoms with van der Waals surface area (Å²) in [7, 11) is -3.70. The second kappa shape index (κ2) is 13.7. The van der Waals surface area contributed by atoms with E-state index in [-0.39, 0.29) is 60.8 Å². The van der Waals surface area contributed by atoms with Crippen molar-refractivity contribution in [2.75, 3.05) is 31.3 Å². The van der Waals surface area contributed by atoms with Gasteiger partial charge in [0.25, 0.3) is 15.9 Å². The van der Waals surface area contributed by atoms with Crippen molar-refractivity contribution in [1.82, 2.24) is 9.29 Å². The number of anilines is 2. The van der Waals surface area contributed by atoms with E-state index in [4.69, 9.17) is 21.1 Å². The molecule has 2 N–H and O–H groups in total. The Balaban J connectivity index is 0.00000484. The summed E-state index contributed by atoms with van der Waals surface area (Å²) in [5.74, 6) is -0.300. The number of benzene rings is 2. The summed E-state index contributed by atoms with van der Waals surface area (Å²) in [6, 6.07) is 14.5. The molecule has 0 radical (unpaired) electrons. The average Bonchev–Trinajstić information content (AvgIpc) is 3.40. The first-order chi connectivity index (χ1) is 19.4. The number of hydrogen-bond donors (Lipinski definition) is 2. The molecular formula is C26H26Cl2N4O7S3. The highest BCUT2D eigenvalue weighted by molar-refractivity contribution is 7.94. The van der Waals surface area contributed by atoms with E-state index < -0.39 is 26.0 Å². The van der Waals surface area contributed by atoms with Crippen LogP contribution in [0.15, 0.2) is 82.2 Å². The van der Waals surface area contributed by atoms with E-state index in [2.05, 4.69) is 15.0 Å². The van der Waals surface area contributed by atoms with Gasteiger partial charge < -0.3 is 14.8 Å². The Morgan fingerprint density at radius 3 is 2.24 bits per heavy atom. The fraction of sp³-hybridized carbons (Fsp3) is 0.154. The second-order valence-electron chi connectivity index (χ2n) is 8.52. The highest BCUT2D eigenvalue weighted by Crippen LogP contribution is 2.36. The van der Waals surface area contributed by atoms with Crippen molar-refractivity contribution in [2.24, 2.45) is 0 Å². The Morgan fingerprint density at radius 2 is 1.67 bits per heavy atom. The molecule has 0 aliphatic heterocycles. The number of rotatable bonds is 11. The van der Waals surface area contributed by atoms with Gasteiger partial charge in [0.05, 0.1) is 34.7 Å². The summed E-state index contributed by atoms with van der Waals surface area (Å²) >= 11 is 6.76. The van der Waals surface area contributed by atoms with Crippen LogP contribution in [0.5, 0.6) is 11.5 Å². The number of halogens is 2. The molecule has 0 saturated carbocycles. The van der Waals surface area contributed by atoms with E-state index in [1.165, 1.54) is 74.1 Å². The van der Waals surface area contributed by atoms with Crippen LogP contribution in [0.25, 0.3) is 0 Å². The number of carbonyl (C=O) groups excluding carboxylic acids is 1. The molecule has 2 heterocycles. The fourth-order valence-electron chi connectivity index (χ4n) is 3.71.